The second-order valence-corrected chi connectivity index (χ2v) is 7.59. The van der Waals surface area contributed by atoms with Gasteiger partial charge in [-0.3, -0.25) is 9.59 Å². The van der Waals surface area contributed by atoms with Crippen molar-refractivity contribution in [3.8, 4) is 0 Å². The average Bonchev–Trinajstić information content (AvgIpc) is 3.02. The topological polar surface area (TPSA) is 49.9 Å². The van der Waals surface area contributed by atoms with E-state index >= 15 is 0 Å². The molecule has 0 radical (unpaired) electrons. The summed E-state index contributed by atoms with van der Waals surface area (Å²) in [5.41, 5.74) is 0. The molecule has 2 saturated heterocycles. The monoisotopic (exact) mass is 336 g/mol. The summed E-state index contributed by atoms with van der Waals surface area (Å²) in [6.07, 6.45) is 1.20. The van der Waals surface area contributed by atoms with Crippen molar-refractivity contribution < 1.29 is 14.3 Å². The van der Waals surface area contributed by atoms with Gasteiger partial charge in [0.2, 0.25) is 11.8 Å². The van der Waals surface area contributed by atoms with E-state index in [1.807, 2.05) is 43.3 Å². The zero-order valence-electron chi connectivity index (χ0n) is 13.9. The Hall–Kier alpha value is -1.40. The van der Waals surface area contributed by atoms with E-state index in [1.54, 1.807) is 16.2 Å². The number of hydrogen-bond acceptors (Lipinski definition) is 4. The molecule has 3 heterocycles. The smallest absolute Gasteiger partial charge is 0.228 e. The SMILES string of the molecule is C[C@@H]1CN(C(=O)[C@@H]2CCC(=O)N(C)[C@@H]2c2cccs2)C[C@@H](C)O1. The van der Waals surface area contributed by atoms with Gasteiger partial charge in [0.05, 0.1) is 24.2 Å². The second kappa shape index (κ2) is 6.61. The lowest BCUT2D eigenvalue weighted by molar-refractivity contribution is -0.154. The first kappa shape index (κ1) is 16.5. The van der Waals surface area contributed by atoms with Crippen molar-refractivity contribution in [3.63, 3.8) is 0 Å². The summed E-state index contributed by atoms with van der Waals surface area (Å²) in [6.45, 7) is 5.27. The van der Waals surface area contributed by atoms with Gasteiger partial charge in [0.25, 0.3) is 0 Å². The fourth-order valence-electron chi connectivity index (χ4n) is 3.74. The number of piperidine rings is 1. The number of carbonyl (C=O) groups excluding carboxylic acids is 2. The van der Waals surface area contributed by atoms with Crippen LogP contribution in [0.2, 0.25) is 0 Å². The quantitative estimate of drug-likeness (QED) is 0.833. The molecular formula is C17H24N2O3S. The highest BCUT2D eigenvalue weighted by Gasteiger charge is 2.42. The molecule has 2 fully saturated rings. The lowest BCUT2D eigenvalue weighted by atomic mass is 9.86. The number of ether oxygens (including phenoxy) is 1. The third kappa shape index (κ3) is 3.28. The third-order valence-electron chi connectivity index (χ3n) is 4.74. The summed E-state index contributed by atoms with van der Waals surface area (Å²) in [7, 11) is 1.82. The lowest BCUT2D eigenvalue weighted by Crippen LogP contribution is -2.53. The van der Waals surface area contributed by atoms with E-state index < -0.39 is 0 Å². The minimum Gasteiger partial charge on any atom is -0.372 e. The van der Waals surface area contributed by atoms with Gasteiger partial charge in [0.1, 0.15) is 0 Å². The number of rotatable bonds is 2. The van der Waals surface area contributed by atoms with Crippen molar-refractivity contribution in [2.45, 2.75) is 44.9 Å². The van der Waals surface area contributed by atoms with Crippen LogP contribution >= 0.6 is 11.3 Å². The molecule has 2 aliphatic heterocycles. The maximum Gasteiger partial charge on any atom is 0.228 e. The molecule has 0 aliphatic carbocycles. The zero-order valence-corrected chi connectivity index (χ0v) is 14.7. The number of hydrogen-bond donors (Lipinski definition) is 0. The van der Waals surface area contributed by atoms with Crippen molar-refractivity contribution in [2.24, 2.45) is 5.92 Å². The van der Waals surface area contributed by atoms with Gasteiger partial charge in [-0.1, -0.05) is 6.07 Å². The van der Waals surface area contributed by atoms with Crippen LogP contribution in [0.15, 0.2) is 17.5 Å². The number of likely N-dealkylation sites (tertiary alicyclic amines) is 1. The minimum atomic E-state index is -0.158. The van der Waals surface area contributed by atoms with Crippen LogP contribution in [-0.2, 0) is 14.3 Å². The first-order valence-electron chi connectivity index (χ1n) is 8.20. The first-order chi connectivity index (χ1) is 11.0. The summed E-state index contributed by atoms with van der Waals surface area (Å²) in [4.78, 5) is 30.0. The third-order valence-corrected chi connectivity index (χ3v) is 5.69. The van der Waals surface area contributed by atoms with Crippen molar-refractivity contribution >= 4 is 23.2 Å². The van der Waals surface area contributed by atoms with Crippen molar-refractivity contribution in [1.29, 1.82) is 0 Å². The summed E-state index contributed by atoms with van der Waals surface area (Å²) >= 11 is 1.61. The number of thiophene rings is 1. The van der Waals surface area contributed by atoms with Crippen LogP contribution in [0.3, 0.4) is 0 Å². The van der Waals surface area contributed by atoms with E-state index in [0.29, 0.717) is 25.9 Å². The number of morpholine rings is 1. The van der Waals surface area contributed by atoms with Crippen LogP contribution in [0, 0.1) is 5.92 Å². The number of carbonyl (C=O) groups is 2. The van der Waals surface area contributed by atoms with Crippen LogP contribution in [0.4, 0.5) is 0 Å². The predicted octanol–water partition coefficient (Wildman–Crippen LogP) is 2.29. The molecule has 3 rings (SSSR count). The molecule has 2 amide bonds. The Balaban J connectivity index is 1.84. The molecule has 0 aromatic carbocycles. The van der Waals surface area contributed by atoms with E-state index in [4.69, 9.17) is 4.74 Å². The maximum absolute atomic E-state index is 13.1. The standard InChI is InChI=1S/C17H24N2O3S/c1-11-9-19(10-12(2)22-11)17(21)13-6-7-15(20)18(3)16(13)14-5-4-8-23-14/h4-5,8,11-13,16H,6-7,9-10H2,1-3H3/t11-,12-,13-,16+/m1/s1. The van der Waals surface area contributed by atoms with Gasteiger partial charge in [-0.15, -0.1) is 11.3 Å². The zero-order chi connectivity index (χ0) is 16.6. The fourth-order valence-corrected chi connectivity index (χ4v) is 4.67. The van der Waals surface area contributed by atoms with Crippen LogP contribution in [0.5, 0.6) is 0 Å². The van der Waals surface area contributed by atoms with Gasteiger partial charge in [0, 0.05) is 31.4 Å². The van der Waals surface area contributed by atoms with Gasteiger partial charge >= 0.3 is 0 Å². The molecule has 23 heavy (non-hydrogen) atoms. The van der Waals surface area contributed by atoms with Gasteiger partial charge in [-0.2, -0.15) is 0 Å². The molecule has 6 heteroatoms. The molecule has 0 N–H and O–H groups in total. The van der Waals surface area contributed by atoms with Gasteiger partial charge in [-0.25, -0.2) is 0 Å². The Labute approximate surface area is 141 Å². The first-order valence-corrected chi connectivity index (χ1v) is 9.08. The lowest BCUT2D eigenvalue weighted by Gasteiger charge is -2.42. The molecule has 2 aliphatic rings. The Morgan fingerprint density at radius 1 is 1.30 bits per heavy atom. The summed E-state index contributed by atoms with van der Waals surface area (Å²) in [5, 5.41) is 2.00. The minimum absolute atomic E-state index is 0.0610. The molecule has 5 nitrogen and oxygen atoms in total. The molecule has 0 saturated carbocycles. The Morgan fingerprint density at radius 3 is 2.61 bits per heavy atom. The average molecular weight is 336 g/mol. The molecule has 4 atom stereocenters. The highest BCUT2D eigenvalue weighted by Crippen LogP contribution is 2.39. The highest BCUT2D eigenvalue weighted by atomic mass is 32.1. The van der Waals surface area contributed by atoms with Crippen LogP contribution in [0.25, 0.3) is 0 Å². The van der Waals surface area contributed by atoms with E-state index in [2.05, 4.69) is 0 Å². The van der Waals surface area contributed by atoms with Crippen LogP contribution in [-0.4, -0.2) is 54.0 Å². The van der Waals surface area contributed by atoms with Gasteiger partial charge in [-0.05, 0) is 31.7 Å². The van der Waals surface area contributed by atoms with E-state index in [1.165, 1.54) is 0 Å². The Bertz CT molecular complexity index is 564. The van der Waals surface area contributed by atoms with E-state index in [9.17, 15) is 9.59 Å². The van der Waals surface area contributed by atoms with E-state index in [-0.39, 0.29) is 36.0 Å². The summed E-state index contributed by atoms with van der Waals surface area (Å²) in [5.74, 6) is 0.120. The summed E-state index contributed by atoms with van der Waals surface area (Å²) in [6, 6.07) is 3.86. The molecule has 1 aromatic rings. The Kier molecular flexibility index (Phi) is 4.73. The highest BCUT2D eigenvalue weighted by molar-refractivity contribution is 7.10. The Morgan fingerprint density at radius 2 is 2.00 bits per heavy atom. The van der Waals surface area contributed by atoms with Crippen molar-refractivity contribution in [3.05, 3.63) is 22.4 Å². The number of amides is 2. The fraction of sp³-hybridized carbons (Fsp3) is 0.647. The molecule has 0 spiro atoms. The van der Waals surface area contributed by atoms with Crippen LogP contribution < -0.4 is 0 Å². The summed E-state index contributed by atoms with van der Waals surface area (Å²) < 4.78 is 5.73. The predicted molar refractivity (Wildman–Crippen MR) is 89.1 cm³/mol. The largest absolute Gasteiger partial charge is 0.372 e. The molecule has 126 valence electrons. The molecule has 1 aromatic heterocycles. The van der Waals surface area contributed by atoms with Crippen molar-refractivity contribution in [2.75, 3.05) is 20.1 Å². The van der Waals surface area contributed by atoms with Crippen LogP contribution in [0.1, 0.15) is 37.6 Å². The number of nitrogens with zero attached hydrogens (tertiary/aromatic N) is 2. The molecular weight excluding hydrogens is 312 g/mol. The normalized spacial score (nSPS) is 32.2. The van der Waals surface area contributed by atoms with Gasteiger partial charge < -0.3 is 14.5 Å². The second-order valence-electron chi connectivity index (χ2n) is 6.61. The van der Waals surface area contributed by atoms with Gasteiger partial charge in [0.15, 0.2) is 0 Å². The molecule has 0 unspecified atom stereocenters. The van der Waals surface area contributed by atoms with Crippen molar-refractivity contribution in [1.82, 2.24) is 9.80 Å². The van der Waals surface area contributed by atoms with E-state index in [0.717, 1.165) is 4.88 Å². The molecule has 0 bridgehead atoms. The maximum atomic E-state index is 13.1.